The first kappa shape index (κ1) is 16.6. The molecule has 0 saturated heterocycles. The van der Waals surface area contributed by atoms with Crippen LogP contribution in [-0.4, -0.2) is 12.6 Å². The largest absolute Gasteiger partial charge is 0.463 e. The molecule has 0 fully saturated rings. The third-order valence-corrected chi connectivity index (χ3v) is 4.04. The van der Waals surface area contributed by atoms with Crippen molar-refractivity contribution in [2.75, 3.05) is 6.61 Å². The summed E-state index contributed by atoms with van der Waals surface area (Å²) in [5.74, 6) is -0.332. The summed E-state index contributed by atoms with van der Waals surface area (Å²) in [6.07, 6.45) is 1.49. The van der Waals surface area contributed by atoms with E-state index in [0.717, 1.165) is 22.3 Å². The first-order valence-electron chi connectivity index (χ1n) is 6.92. The average molecular weight is 335 g/mol. The molecule has 0 bridgehead atoms. The van der Waals surface area contributed by atoms with Gasteiger partial charge >= 0.3 is 5.97 Å². The van der Waals surface area contributed by atoms with Gasteiger partial charge in [-0.3, -0.25) is 0 Å². The Bertz CT molecular complexity index is 704. The normalized spacial score (nSPS) is 11.4. The van der Waals surface area contributed by atoms with Crippen molar-refractivity contribution in [2.24, 2.45) is 0 Å². The van der Waals surface area contributed by atoms with Gasteiger partial charge in [0.05, 0.1) is 16.7 Å². The van der Waals surface area contributed by atoms with Crippen molar-refractivity contribution in [2.45, 2.75) is 13.8 Å². The van der Waals surface area contributed by atoms with Gasteiger partial charge in [0, 0.05) is 11.6 Å². The molecule has 0 amide bonds. The van der Waals surface area contributed by atoms with Gasteiger partial charge in [-0.05, 0) is 36.6 Å². The first-order valence-corrected chi connectivity index (χ1v) is 7.68. The van der Waals surface area contributed by atoms with Crippen molar-refractivity contribution in [1.29, 1.82) is 0 Å². The Labute approximate surface area is 140 Å². The molecule has 0 radical (unpaired) electrons. The molecule has 4 heteroatoms. The fraction of sp³-hybridized carbons (Fsp3) is 0.167. The van der Waals surface area contributed by atoms with Crippen LogP contribution in [0.2, 0.25) is 10.0 Å². The fourth-order valence-corrected chi connectivity index (χ4v) is 2.49. The molecule has 0 aromatic heterocycles. The molecule has 114 valence electrons. The average Bonchev–Trinajstić information content (AvgIpc) is 2.50. The van der Waals surface area contributed by atoms with Crippen molar-refractivity contribution in [1.82, 2.24) is 0 Å². The maximum Gasteiger partial charge on any atom is 0.331 e. The standard InChI is InChI=1S/C18H16Cl2O2/c1-3-22-17(21)11-12(2)13-7-9-14(10-8-13)15-5-4-6-16(19)18(15)20/h4-11H,3H2,1-2H3/b12-11+. The quantitative estimate of drug-likeness (QED) is 0.535. The molecule has 0 aliphatic rings. The van der Waals surface area contributed by atoms with E-state index >= 15 is 0 Å². The highest BCUT2D eigenvalue weighted by Crippen LogP contribution is 2.33. The van der Waals surface area contributed by atoms with Gasteiger partial charge in [-0.1, -0.05) is 59.6 Å². The van der Waals surface area contributed by atoms with Gasteiger partial charge in [0.2, 0.25) is 0 Å². The number of allylic oxidation sites excluding steroid dienone is 1. The van der Waals surface area contributed by atoms with Gasteiger partial charge in [-0.2, -0.15) is 0 Å². The Kier molecular flexibility index (Phi) is 5.64. The molecule has 22 heavy (non-hydrogen) atoms. The van der Waals surface area contributed by atoms with Crippen LogP contribution in [0.3, 0.4) is 0 Å². The lowest BCUT2D eigenvalue weighted by atomic mass is 10.0. The molecule has 2 aromatic carbocycles. The Morgan fingerprint density at radius 1 is 1.14 bits per heavy atom. The van der Waals surface area contributed by atoms with Crippen molar-refractivity contribution in [3.05, 3.63) is 64.1 Å². The summed E-state index contributed by atoms with van der Waals surface area (Å²) in [6, 6.07) is 13.3. The number of carbonyl (C=O) groups excluding carboxylic acids is 1. The van der Waals surface area contributed by atoms with E-state index in [4.69, 9.17) is 27.9 Å². The number of hydrogen-bond acceptors (Lipinski definition) is 2. The molecule has 0 atom stereocenters. The summed E-state index contributed by atoms with van der Waals surface area (Å²) < 4.78 is 4.91. The van der Waals surface area contributed by atoms with E-state index in [1.165, 1.54) is 6.08 Å². The summed E-state index contributed by atoms with van der Waals surface area (Å²) in [5.41, 5.74) is 3.66. The number of rotatable bonds is 4. The Hall–Kier alpha value is -1.77. The van der Waals surface area contributed by atoms with Crippen molar-refractivity contribution >= 4 is 34.7 Å². The van der Waals surface area contributed by atoms with E-state index < -0.39 is 0 Å². The molecule has 2 nitrogen and oxygen atoms in total. The summed E-state index contributed by atoms with van der Waals surface area (Å²) in [5, 5.41) is 1.07. The lowest BCUT2D eigenvalue weighted by Crippen LogP contribution is -2.00. The van der Waals surface area contributed by atoms with Gasteiger partial charge in [0.25, 0.3) is 0 Å². The minimum Gasteiger partial charge on any atom is -0.463 e. The molecule has 0 aliphatic heterocycles. The number of halogens is 2. The number of carbonyl (C=O) groups is 1. The van der Waals surface area contributed by atoms with Crippen LogP contribution in [0.4, 0.5) is 0 Å². The highest BCUT2D eigenvalue weighted by atomic mass is 35.5. The molecule has 0 saturated carbocycles. The molecule has 0 spiro atoms. The molecule has 2 rings (SSSR count). The lowest BCUT2D eigenvalue weighted by Gasteiger charge is -2.08. The van der Waals surface area contributed by atoms with E-state index in [2.05, 4.69) is 0 Å². The second-order valence-electron chi connectivity index (χ2n) is 4.76. The van der Waals surface area contributed by atoms with Crippen LogP contribution in [-0.2, 0) is 9.53 Å². The van der Waals surface area contributed by atoms with Crippen LogP contribution in [0.1, 0.15) is 19.4 Å². The van der Waals surface area contributed by atoms with Crippen molar-refractivity contribution in [3.8, 4) is 11.1 Å². The van der Waals surface area contributed by atoms with Crippen LogP contribution in [0.5, 0.6) is 0 Å². The minimum atomic E-state index is -0.332. The van der Waals surface area contributed by atoms with Crippen LogP contribution in [0.25, 0.3) is 16.7 Å². The van der Waals surface area contributed by atoms with Crippen LogP contribution >= 0.6 is 23.2 Å². The Balaban J connectivity index is 2.27. The molecule has 0 unspecified atom stereocenters. The predicted octanol–water partition coefficient (Wildman–Crippen LogP) is 5.63. The summed E-state index contributed by atoms with van der Waals surface area (Å²) in [6.45, 7) is 4.03. The maximum absolute atomic E-state index is 11.5. The van der Waals surface area contributed by atoms with Crippen LogP contribution in [0, 0.1) is 0 Å². The second kappa shape index (κ2) is 7.48. The summed E-state index contributed by atoms with van der Waals surface area (Å²) >= 11 is 12.3. The van der Waals surface area contributed by atoms with E-state index in [-0.39, 0.29) is 5.97 Å². The van der Waals surface area contributed by atoms with E-state index in [1.54, 1.807) is 13.0 Å². The second-order valence-corrected chi connectivity index (χ2v) is 5.54. The van der Waals surface area contributed by atoms with E-state index in [9.17, 15) is 4.79 Å². The highest BCUT2D eigenvalue weighted by Gasteiger charge is 2.07. The maximum atomic E-state index is 11.5. The van der Waals surface area contributed by atoms with Gasteiger partial charge < -0.3 is 4.74 Å². The zero-order valence-corrected chi connectivity index (χ0v) is 13.9. The summed E-state index contributed by atoms with van der Waals surface area (Å²) in [4.78, 5) is 11.5. The minimum absolute atomic E-state index is 0.332. The molecule has 0 heterocycles. The fourth-order valence-electron chi connectivity index (χ4n) is 2.08. The van der Waals surface area contributed by atoms with Crippen LogP contribution in [0.15, 0.2) is 48.5 Å². The third kappa shape index (κ3) is 3.90. The number of esters is 1. The molecule has 0 aliphatic carbocycles. The topological polar surface area (TPSA) is 26.3 Å². The Morgan fingerprint density at radius 3 is 2.45 bits per heavy atom. The van der Waals surface area contributed by atoms with Crippen molar-refractivity contribution in [3.63, 3.8) is 0 Å². The molecular weight excluding hydrogens is 319 g/mol. The molecular formula is C18H16Cl2O2. The lowest BCUT2D eigenvalue weighted by molar-refractivity contribution is -0.137. The number of hydrogen-bond donors (Lipinski definition) is 0. The summed E-state index contributed by atoms with van der Waals surface area (Å²) in [7, 11) is 0. The zero-order valence-electron chi connectivity index (χ0n) is 12.4. The van der Waals surface area contributed by atoms with Crippen molar-refractivity contribution < 1.29 is 9.53 Å². The zero-order chi connectivity index (χ0) is 16.1. The number of benzene rings is 2. The third-order valence-electron chi connectivity index (χ3n) is 3.22. The highest BCUT2D eigenvalue weighted by molar-refractivity contribution is 6.43. The molecule has 0 N–H and O–H groups in total. The predicted molar refractivity (Wildman–Crippen MR) is 92.2 cm³/mol. The first-order chi connectivity index (χ1) is 10.5. The van der Waals surface area contributed by atoms with Crippen LogP contribution < -0.4 is 0 Å². The smallest absolute Gasteiger partial charge is 0.331 e. The van der Waals surface area contributed by atoms with Gasteiger partial charge in [-0.15, -0.1) is 0 Å². The van der Waals surface area contributed by atoms with E-state index in [1.807, 2.05) is 43.3 Å². The van der Waals surface area contributed by atoms with E-state index in [0.29, 0.717) is 16.7 Å². The van der Waals surface area contributed by atoms with Gasteiger partial charge in [0.1, 0.15) is 0 Å². The number of ether oxygens (including phenoxy) is 1. The Morgan fingerprint density at radius 2 is 1.82 bits per heavy atom. The SMILES string of the molecule is CCOC(=O)/C=C(\C)c1ccc(-c2cccc(Cl)c2Cl)cc1. The van der Waals surface area contributed by atoms with Gasteiger partial charge in [0.15, 0.2) is 0 Å². The monoisotopic (exact) mass is 334 g/mol. The van der Waals surface area contributed by atoms with Gasteiger partial charge in [-0.25, -0.2) is 4.79 Å². The molecule has 2 aromatic rings.